The van der Waals surface area contributed by atoms with Crippen LogP contribution in [0.1, 0.15) is 52.0 Å². The van der Waals surface area contributed by atoms with E-state index in [0.717, 1.165) is 61.8 Å². The normalized spacial score (nSPS) is 19.2. The number of nitrogens with zero attached hydrogens (tertiary/aromatic N) is 7. The lowest BCUT2D eigenvalue weighted by Gasteiger charge is -2.39. The molecular weight excluding hydrogens is 472 g/mol. The van der Waals surface area contributed by atoms with Crippen LogP contribution in [0.25, 0.3) is 22.5 Å². The number of aromatic amines is 1. The zero-order valence-corrected chi connectivity index (χ0v) is 22.7. The molecule has 1 unspecified atom stereocenters. The molecule has 0 amide bonds. The Labute approximate surface area is 225 Å². The smallest absolute Gasteiger partial charge is 0.205 e. The molecule has 1 atom stereocenters. The number of hydrogen-bond acceptors (Lipinski definition) is 7. The van der Waals surface area contributed by atoms with Crippen molar-refractivity contribution in [1.29, 1.82) is 0 Å². The second-order valence-corrected chi connectivity index (χ2v) is 11.3. The van der Waals surface area contributed by atoms with Gasteiger partial charge in [0, 0.05) is 31.4 Å². The van der Waals surface area contributed by atoms with Crippen LogP contribution >= 0.6 is 0 Å². The van der Waals surface area contributed by atoms with Crippen molar-refractivity contribution >= 4 is 5.84 Å². The van der Waals surface area contributed by atoms with E-state index in [-0.39, 0.29) is 6.17 Å². The third-order valence-corrected chi connectivity index (χ3v) is 7.58. The van der Waals surface area contributed by atoms with Gasteiger partial charge in [-0.1, -0.05) is 75.7 Å². The number of amidine groups is 1. The summed E-state index contributed by atoms with van der Waals surface area (Å²) < 4.78 is 0. The van der Waals surface area contributed by atoms with Gasteiger partial charge in [-0.15, -0.1) is 10.2 Å². The highest BCUT2D eigenvalue weighted by atomic mass is 15.5. The fraction of sp³-hybridized carbons (Fsp3) is 0.467. The lowest BCUT2D eigenvalue weighted by molar-refractivity contribution is 0.200. The van der Waals surface area contributed by atoms with Crippen molar-refractivity contribution in [2.45, 2.75) is 59.2 Å². The minimum atomic E-state index is 0.190. The second kappa shape index (κ2) is 10.6. The first kappa shape index (κ1) is 24.6. The first-order valence-corrected chi connectivity index (χ1v) is 14.1. The van der Waals surface area contributed by atoms with Crippen LogP contribution in [0.2, 0.25) is 0 Å². The molecule has 1 fully saturated rings. The van der Waals surface area contributed by atoms with Crippen LogP contribution in [0.4, 0.5) is 0 Å². The third-order valence-electron chi connectivity index (χ3n) is 7.58. The zero-order valence-electron chi connectivity index (χ0n) is 22.7. The topological polar surface area (TPSA) is 76.5 Å². The van der Waals surface area contributed by atoms with Gasteiger partial charge < -0.3 is 14.7 Å². The van der Waals surface area contributed by atoms with Gasteiger partial charge in [0.25, 0.3) is 0 Å². The van der Waals surface area contributed by atoms with Gasteiger partial charge in [0.15, 0.2) is 5.84 Å². The van der Waals surface area contributed by atoms with E-state index in [9.17, 15) is 0 Å². The summed E-state index contributed by atoms with van der Waals surface area (Å²) in [5, 5.41) is 14.7. The first-order valence-electron chi connectivity index (χ1n) is 14.1. The van der Waals surface area contributed by atoms with Crippen LogP contribution in [0.15, 0.2) is 65.4 Å². The number of aliphatic imine (C=N–C) groups is 1. The molecule has 6 rings (SSSR count). The van der Waals surface area contributed by atoms with Gasteiger partial charge in [0.2, 0.25) is 5.82 Å². The molecule has 8 nitrogen and oxygen atoms in total. The molecule has 1 saturated carbocycles. The van der Waals surface area contributed by atoms with Crippen molar-refractivity contribution in [2.75, 3.05) is 19.8 Å². The first-order chi connectivity index (χ1) is 18.6. The lowest BCUT2D eigenvalue weighted by atomic mass is 9.98. The van der Waals surface area contributed by atoms with Crippen LogP contribution in [0.5, 0.6) is 0 Å². The maximum Gasteiger partial charge on any atom is 0.205 e. The van der Waals surface area contributed by atoms with Crippen molar-refractivity contribution in [1.82, 2.24) is 35.3 Å². The van der Waals surface area contributed by atoms with E-state index in [2.05, 4.69) is 98.7 Å². The molecule has 1 aromatic heterocycles. The van der Waals surface area contributed by atoms with E-state index < -0.39 is 0 Å². The fourth-order valence-corrected chi connectivity index (χ4v) is 5.63. The van der Waals surface area contributed by atoms with Crippen molar-refractivity contribution in [3.63, 3.8) is 0 Å². The summed E-state index contributed by atoms with van der Waals surface area (Å²) in [6, 6.07) is 17.1. The second-order valence-electron chi connectivity index (χ2n) is 11.3. The van der Waals surface area contributed by atoms with Crippen molar-refractivity contribution in [3.05, 3.63) is 66.0 Å². The Morgan fingerprint density at radius 2 is 1.82 bits per heavy atom. The number of fused-ring (bicyclic) bond motifs is 1. The number of benzene rings is 2. The summed E-state index contributed by atoms with van der Waals surface area (Å²) >= 11 is 0. The van der Waals surface area contributed by atoms with E-state index >= 15 is 0 Å². The summed E-state index contributed by atoms with van der Waals surface area (Å²) in [5.74, 6) is 3.26. The summed E-state index contributed by atoms with van der Waals surface area (Å²) in [6.45, 7) is 10.9. The predicted octanol–water partition coefficient (Wildman–Crippen LogP) is 5.36. The molecule has 1 N–H and O–H groups in total. The zero-order chi connectivity index (χ0) is 26.1. The molecule has 0 saturated heterocycles. The summed E-state index contributed by atoms with van der Waals surface area (Å²) in [5.41, 5.74) is 5.81. The van der Waals surface area contributed by atoms with Crippen molar-refractivity contribution < 1.29 is 0 Å². The molecular formula is C30H38N8. The number of rotatable bonds is 10. The number of tetrazole rings is 1. The summed E-state index contributed by atoms with van der Waals surface area (Å²) in [7, 11) is 0. The molecule has 2 aromatic carbocycles. The Hall–Kier alpha value is -3.68. The fourth-order valence-electron chi connectivity index (χ4n) is 5.63. The van der Waals surface area contributed by atoms with Crippen LogP contribution in [0.3, 0.4) is 0 Å². The Kier molecular flexibility index (Phi) is 6.87. The highest BCUT2D eigenvalue weighted by Crippen LogP contribution is 2.35. The van der Waals surface area contributed by atoms with E-state index in [1.165, 1.54) is 29.9 Å². The predicted molar refractivity (Wildman–Crippen MR) is 151 cm³/mol. The van der Waals surface area contributed by atoms with E-state index in [4.69, 9.17) is 4.99 Å². The van der Waals surface area contributed by atoms with Gasteiger partial charge in [-0.05, 0) is 53.0 Å². The van der Waals surface area contributed by atoms with E-state index in [1.54, 1.807) is 0 Å². The molecule has 38 heavy (non-hydrogen) atoms. The monoisotopic (exact) mass is 510 g/mol. The molecule has 0 radical (unpaired) electrons. The summed E-state index contributed by atoms with van der Waals surface area (Å²) in [4.78, 5) is 12.9. The number of H-pyrrole nitrogens is 1. The minimum absolute atomic E-state index is 0.190. The molecule has 3 heterocycles. The van der Waals surface area contributed by atoms with Gasteiger partial charge in [0.05, 0.1) is 12.4 Å². The quantitative estimate of drug-likeness (QED) is 0.396. The Morgan fingerprint density at radius 1 is 1.03 bits per heavy atom. The number of hydrogen-bond donors (Lipinski definition) is 1. The number of aromatic nitrogens is 4. The van der Waals surface area contributed by atoms with Gasteiger partial charge in [-0.2, -0.15) is 5.21 Å². The van der Waals surface area contributed by atoms with Crippen molar-refractivity contribution in [3.8, 4) is 22.5 Å². The molecule has 0 spiro atoms. The molecule has 3 aromatic rings. The van der Waals surface area contributed by atoms with Crippen LogP contribution in [-0.4, -0.2) is 67.1 Å². The van der Waals surface area contributed by atoms with Gasteiger partial charge in [-0.3, -0.25) is 0 Å². The average Bonchev–Trinajstić information content (AvgIpc) is 3.42. The van der Waals surface area contributed by atoms with Crippen LogP contribution in [0, 0.1) is 11.8 Å². The third kappa shape index (κ3) is 5.17. The molecule has 3 aliphatic rings. The van der Waals surface area contributed by atoms with Gasteiger partial charge >= 0.3 is 0 Å². The van der Waals surface area contributed by atoms with Crippen molar-refractivity contribution in [2.24, 2.45) is 16.8 Å². The number of nitrogens with one attached hydrogen (secondary N) is 1. The molecule has 198 valence electrons. The highest BCUT2D eigenvalue weighted by molar-refractivity contribution is 6.00. The average molecular weight is 511 g/mol. The SMILES string of the molecule is CCCC1N=C2C(=CN(CC3CC3)CN2CC(C)C)N1Cc1ccc(-c2ccccc2-c2nn[nH]n2)cc1. The minimum Gasteiger partial charge on any atom is -0.358 e. The van der Waals surface area contributed by atoms with Crippen LogP contribution < -0.4 is 0 Å². The standard InChI is InChI=1S/C30H38N8/c1-4-7-28-31-30-27(19-36(17-22-10-11-22)20-37(30)16-21(2)3)38(28)18-23-12-14-24(15-13-23)25-8-5-6-9-26(25)29-32-34-35-33-29/h5-6,8-9,12-15,19,21-22,28H,4,7,10-11,16-18,20H2,1-3H3,(H,32,33,34,35). The lowest BCUT2D eigenvalue weighted by Crippen LogP contribution is -2.47. The molecule has 1 aliphatic carbocycles. The molecule has 0 bridgehead atoms. The Balaban J connectivity index is 1.26. The maximum atomic E-state index is 5.30. The molecule has 2 aliphatic heterocycles. The highest BCUT2D eigenvalue weighted by Gasteiger charge is 2.38. The Bertz CT molecular complexity index is 1290. The molecule has 8 heteroatoms. The summed E-state index contributed by atoms with van der Waals surface area (Å²) in [6.07, 6.45) is 7.52. The van der Waals surface area contributed by atoms with E-state index in [0.29, 0.717) is 11.7 Å². The van der Waals surface area contributed by atoms with Crippen LogP contribution in [-0.2, 0) is 6.54 Å². The Morgan fingerprint density at radius 3 is 2.50 bits per heavy atom. The van der Waals surface area contributed by atoms with E-state index in [1.807, 2.05) is 12.1 Å². The largest absolute Gasteiger partial charge is 0.358 e. The maximum absolute atomic E-state index is 5.30. The van der Waals surface area contributed by atoms with Gasteiger partial charge in [-0.25, -0.2) is 4.99 Å². The van der Waals surface area contributed by atoms with Gasteiger partial charge in [0.1, 0.15) is 6.17 Å².